The molecule has 0 bridgehead atoms. The fraction of sp³-hybridized carbons (Fsp3) is 0.300. The summed E-state index contributed by atoms with van der Waals surface area (Å²) in [7, 11) is 0. The molecule has 4 heteroatoms. The van der Waals surface area contributed by atoms with Crippen LogP contribution in [0.4, 0.5) is 0 Å². The van der Waals surface area contributed by atoms with Gasteiger partial charge in [0.25, 0.3) is 0 Å². The van der Waals surface area contributed by atoms with Crippen LogP contribution in [0.3, 0.4) is 0 Å². The molecule has 0 radical (unpaired) electrons. The van der Waals surface area contributed by atoms with E-state index in [4.69, 9.17) is 9.47 Å². The molecule has 2 aromatic carbocycles. The molecule has 2 aromatic rings. The van der Waals surface area contributed by atoms with Gasteiger partial charge < -0.3 is 9.47 Å². The molecule has 0 saturated carbocycles. The highest BCUT2D eigenvalue weighted by molar-refractivity contribution is 6.08. The number of hydrogen-bond acceptors (Lipinski definition) is 4. The maximum absolute atomic E-state index is 12.6. The third kappa shape index (κ3) is 4.22. The first-order chi connectivity index (χ1) is 11.4. The van der Waals surface area contributed by atoms with E-state index < -0.39 is 11.9 Å². The summed E-state index contributed by atoms with van der Waals surface area (Å²) in [5.41, 5.74) is 1.95. The fourth-order valence-electron chi connectivity index (χ4n) is 2.35. The molecule has 126 valence electrons. The van der Waals surface area contributed by atoms with Gasteiger partial charge in [0, 0.05) is 0 Å². The van der Waals surface area contributed by atoms with Crippen LogP contribution < -0.4 is 0 Å². The number of rotatable bonds is 5. The Morgan fingerprint density at radius 1 is 0.750 bits per heavy atom. The lowest BCUT2D eigenvalue weighted by Gasteiger charge is -2.16. The van der Waals surface area contributed by atoms with Gasteiger partial charge in [0.2, 0.25) is 0 Å². The molecule has 4 nitrogen and oxygen atoms in total. The first kappa shape index (κ1) is 17.7. The van der Waals surface area contributed by atoms with E-state index in [1.165, 1.54) is 0 Å². The van der Waals surface area contributed by atoms with E-state index in [1.54, 1.807) is 45.9 Å². The third-order valence-corrected chi connectivity index (χ3v) is 3.26. The zero-order valence-corrected chi connectivity index (χ0v) is 14.4. The first-order valence-corrected chi connectivity index (χ1v) is 8.00. The number of carbonyl (C=O) groups is 2. The lowest BCUT2D eigenvalue weighted by Crippen LogP contribution is -2.19. The number of benzene rings is 2. The van der Waals surface area contributed by atoms with Gasteiger partial charge in [-0.1, -0.05) is 42.5 Å². The van der Waals surface area contributed by atoms with E-state index in [0.29, 0.717) is 5.56 Å². The Morgan fingerprint density at radius 3 is 1.92 bits per heavy atom. The van der Waals surface area contributed by atoms with Crippen LogP contribution in [-0.4, -0.2) is 24.1 Å². The fourth-order valence-corrected chi connectivity index (χ4v) is 2.35. The van der Waals surface area contributed by atoms with Crippen LogP contribution in [0.25, 0.3) is 11.1 Å². The Labute approximate surface area is 142 Å². The summed E-state index contributed by atoms with van der Waals surface area (Å²) >= 11 is 0. The number of esters is 2. The second-order valence-electron chi connectivity index (χ2n) is 6.00. The van der Waals surface area contributed by atoms with Gasteiger partial charge in [-0.05, 0) is 44.9 Å². The van der Waals surface area contributed by atoms with Crippen molar-refractivity contribution in [2.75, 3.05) is 0 Å². The predicted molar refractivity (Wildman–Crippen MR) is 93.0 cm³/mol. The molecule has 0 amide bonds. The van der Waals surface area contributed by atoms with Crippen LogP contribution in [0.1, 0.15) is 48.4 Å². The lowest BCUT2D eigenvalue weighted by atomic mass is 9.95. The van der Waals surface area contributed by atoms with Crippen LogP contribution in [0.5, 0.6) is 0 Å². The van der Waals surface area contributed by atoms with Crippen molar-refractivity contribution in [3.8, 4) is 11.1 Å². The van der Waals surface area contributed by atoms with Gasteiger partial charge in [0.1, 0.15) is 0 Å². The molecule has 0 atom stereocenters. The SMILES string of the molecule is CC(C)OC(=O)c1cccc(-c2ccccc2)c1C(=O)OC(C)C. The van der Waals surface area contributed by atoms with Crippen molar-refractivity contribution >= 4 is 11.9 Å². The van der Waals surface area contributed by atoms with Gasteiger partial charge in [-0.2, -0.15) is 0 Å². The molecule has 24 heavy (non-hydrogen) atoms. The maximum atomic E-state index is 12.6. The zero-order chi connectivity index (χ0) is 17.7. The van der Waals surface area contributed by atoms with Gasteiger partial charge in [0.05, 0.1) is 23.3 Å². The normalized spacial score (nSPS) is 10.8. The highest BCUT2D eigenvalue weighted by Gasteiger charge is 2.24. The summed E-state index contributed by atoms with van der Waals surface area (Å²) in [6, 6.07) is 14.6. The smallest absolute Gasteiger partial charge is 0.339 e. The second kappa shape index (κ2) is 7.77. The Kier molecular flexibility index (Phi) is 5.74. The molecule has 0 aliphatic carbocycles. The highest BCUT2D eigenvalue weighted by Crippen LogP contribution is 2.28. The number of hydrogen-bond donors (Lipinski definition) is 0. The van der Waals surface area contributed by atoms with Crippen molar-refractivity contribution in [3.05, 3.63) is 59.7 Å². The Morgan fingerprint density at radius 2 is 1.33 bits per heavy atom. The molecule has 0 aliphatic rings. The largest absolute Gasteiger partial charge is 0.459 e. The average molecular weight is 326 g/mol. The highest BCUT2D eigenvalue weighted by atomic mass is 16.5. The standard InChI is InChI=1S/C20H22O4/c1-13(2)23-19(21)17-12-8-11-16(15-9-6-5-7-10-15)18(17)20(22)24-14(3)4/h5-14H,1-4H3. The molecule has 0 N–H and O–H groups in total. The van der Waals surface area contributed by atoms with Crippen LogP contribution in [0.15, 0.2) is 48.5 Å². The number of ether oxygens (including phenoxy) is 2. The topological polar surface area (TPSA) is 52.6 Å². The summed E-state index contributed by atoms with van der Waals surface area (Å²) < 4.78 is 10.6. The summed E-state index contributed by atoms with van der Waals surface area (Å²) in [5.74, 6) is -1.06. The summed E-state index contributed by atoms with van der Waals surface area (Å²) in [5, 5.41) is 0. The summed E-state index contributed by atoms with van der Waals surface area (Å²) in [6.07, 6.45) is -0.554. The van der Waals surface area contributed by atoms with Crippen LogP contribution in [-0.2, 0) is 9.47 Å². The molecule has 0 fully saturated rings. The van der Waals surface area contributed by atoms with Crippen molar-refractivity contribution in [1.29, 1.82) is 0 Å². The molecule has 0 aromatic heterocycles. The van der Waals surface area contributed by atoms with Crippen molar-refractivity contribution in [2.45, 2.75) is 39.9 Å². The van der Waals surface area contributed by atoms with Crippen molar-refractivity contribution in [2.24, 2.45) is 0 Å². The van der Waals surface area contributed by atoms with Crippen molar-refractivity contribution < 1.29 is 19.1 Å². The minimum atomic E-state index is -0.529. The third-order valence-electron chi connectivity index (χ3n) is 3.26. The maximum Gasteiger partial charge on any atom is 0.339 e. The average Bonchev–Trinajstić information content (AvgIpc) is 2.53. The van der Waals surface area contributed by atoms with E-state index in [2.05, 4.69) is 0 Å². The van der Waals surface area contributed by atoms with E-state index in [-0.39, 0.29) is 23.3 Å². The molecular formula is C20H22O4. The Bertz CT molecular complexity index is 718. The van der Waals surface area contributed by atoms with Crippen LogP contribution >= 0.6 is 0 Å². The van der Waals surface area contributed by atoms with Gasteiger partial charge >= 0.3 is 11.9 Å². The second-order valence-corrected chi connectivity index (χ2v) is 6.00. The monoisotopic (exact) mass is 326 g/mol. The van der Waals surface area contributed by atoms with Gasteiger partial charge in [-0.15, -0.1) is 0 Å². The first-order valence-electron chi connectivity index (χ1n) is 8.00. The lowest BCUT2D eigenvalue weighted by molar-refractivity contribution is 0.0328. The summed E-state index contributed by atoms with van der Waals surface area (Å²) in [4.78, 5) is 25.1. The minimum absolute atomic E-state index is 0.218. The quantitative estimate of drug-likeness (QED) is 0.760. The van der Waals surface area contributed by atoms with E-state index >= 15 is 0 Å². The molecule has 2 rings (SSSR count). The molecule has 0 heterocycles. The Hall–Kier alpha value is -2.62. The van der Waals surface area contributed by atoms with E-state index in [1.807, 2.05) is 30.3 Å². The van der Waals surface area contributed by atoms with Gasteiger partial charge in [-0.25, -0.2) is 9.59 Å². The molecule has 0 spiro atoms. The molecular weight excluding hydrogens is 304 g/mol. The van der Waals surface area contributed by atoms with E-state index in [0.717, 1.165) is 5.56 Å². The van der Waals surface area contributed by atoms with Crippen molar-refractivity contribution in [3.63, 3.8) is 0 Å². The predicted octanol–water partition coefficient (Wildman–Crippen LogP) is 4.48. The van der Waals surface area contributed by atoms with Crippen LogP contribution in [0.2, 0.25) is 0 Å². The Balaban J connectivity index is 2.59. The molecule has 0 saturated heterocycles. The molecule has 0 aliphatic heterocycles. The molecule has 0 unspecified atom stereocenters. The zero-order valence-electron chi connectivity index (χ0n) is 14.4. The number of carbonyl (C=O) groups excluding carboxylic acids is 2. The summed E-state index contributed by atoms with van der Waals surface area (Å²) in [6.45, 7) is 7.08. The van der Waals surface area contributed by atoms with Gasteiger partial charge in [-0.3, -0.25) is 0 Å². The van der Waals surface area contributed by atoms with Gasteiger partial charge in [0.15, 0.2) is 0 Å². The van der Waals surface area contributed by atoms with Crippen LogP contribution in [0, 0.1) is 0 Å². The minimum Gasteiger partial charge on any atom is -0.459 e. The van der Waals surface area contributed by atoms with Crippen molar-refractivity contribution in [1.82, 2.24) is 0 Å². The van der Waals surface area contributed by atoms with E-state index in [9.17, 15) is 9.59 Å².